The Kier molecular flexibility index (Phi) is 6.25. The molecular weight excluding hydrogens is 272 g/mol. The van der Waals surface area contributed by atoms with E-state index in [0.29, 0.717) is 12.0 Å². The van der Waals surface area contributed by atoms with E-state index in [4.69, 9.17) is 5.73 Å². The average molecular weight is 302 g/mol. The van der Waals surface area contributed by atoms with Crippen molar-refractivity contribution in [3.8, 4) is 0 Å². The fourth-order valence-electron chi connectivity index (χ4n) is 2.94. The average Bonchev–Trinajstić information content (AvgIpc) is 2.54. The van der Waals surface area contributed by atoms with Gasteiger partial charge in [-0.15, -0.1) is 0 Å². The third-order valence-corrected chi connectivity index (χ3v) is 4.74. The van der Waals surface area contributed by atoms with Crippen LogP contribution in [0.15, 0.2) is 23.2 Å². The maximum atomic E-state index is 6.05. The second-order valence-electron chi connectivity index (χ2n) is 6.28. The van der Waals surface area contributed by atoms with Gasteiger partial charge >= 0.3 is 0 Å². The van der Waals surface area contributed by atoms with E-state index in [0.717, 1.165) is 31.6 Å². The number of aryl methyl sites for hydroxylation is 1. The molecule has 0 aliphatic heterocycles. The number of rotatable bonds is 6. The van der Waals surface area contributed by atoms with E-state index in [1.165, 1.54) is 30.4 Å². The number of benzene rings is 1. The van der Waals surface area contributed by atoms with Crippen LogP contribution in [0.2, 0.25) is 0 Å². The maximum Gasteiger partial charge on any atom is 0.193 e. The Balaban J connectivity index is 1.92. The summed E-state index contributed by atoms with van der Waals surface area (Å²) in [5, 5.41) is 3.30. The number of aliphatic imine (C=N–C) groups is 1. The van der Waals surface area contributed by atoms with E-state index in [2.05, 4.69) is 54.3 Å². The number of nitrogens with two attached hydrogens (primary N) is 1. The molecule has 1 aliphatic rings. The van der Waals surface area contributed by atoms with Gasteiger partial charge in [-0.25, -0.2) is 0 Å². The summed E-state index contributed by atoms with van der Waals surface area (Å²) >= 11 is 0. The molecule has 1 unspecified atom stereocenters. The lowest BCUT2D eigenvalue weighted by molar-refractivity contribution is 0.259. The predicted octanol–water partition coefficient (Wildman–Crippen LogP) is 3.02. The molecule has 3 N–H and O–H groups in total. The van der Waals surface area contributed by atoms with Crippen molar-refractivity contribution >= 4 is 11.6 Å². The van der Waals surface area contributed by atoms with Crippen LogP contribution in [0.1, 0.15) is 44.2 Å². The Morgan fingerprint density at radius 3 is 2.91 bits per heavy atom. The van der Waals surface area contributed by atoms with Gasteiger partial charge in [0, 0.05) is 18.3 Å². The van der Waals surface area contributed by atoms with Gasteiger partial charge in [-0.3, -0.25) is 4.99 Å². The molecule has 0 amide bonds. The van der Waals surface area contributed by atoms with Gasteiger partial charge in [0.05, 0.1) is 6.54 Å². The second-order valence-corrected chi connectivity index (χ2v) is 6.28. The normalized spacial score (nSPS) is 16.5. The zero-order chi connectivity index (χ0) is 15.9. The van der Waals surface area contributed by atoms with Crippen LogP contribution in [-0.4, -0.2) is 37.0 Å². The van der Waals surface area contributed by atoms with E-state index in [-0.39, 0.29) is 0 Å². The first kappa shape index (κ1) is 16.8. The molecule has 0 radical (unpaired) electrons. The van der Waals surface area contributed by atoms with E-state index in [9.17, 15) is 0 Å². The minimum Gasteiger partial charge on any atom is -0.370 e. The van der Waals surface area contributed by atoms with Crippen LogP contribution >= 0.6 is 0 Å². The van der Waals surface area contributed by atoms with Gasteiger partial charge in [0.25, 0.3) is 0 Å². The highest BCUT2D eigenvalue weighted by molar-refractivity contribution is 5.93. The van der Waals surface area contributed by atoms with Gasteiger partial charge in [0.1, 0.15) is 0 Å². The van der Waals surface area contributed by atoms with Crippen LogP contribution in [0.4, 0.5) is 5.69 Å². The molecule has 0 aromatic heterocycles. The van der Waals surface area contributed by atoms with Crippen molar-refractivity contribution in [3.63, 3.8) is 0 Å². The first-order valence-electron chi connectivity index (χ1n) is 8.49. The number of nitrogens with zero attached hydrogens (tertiary/aromatic N) is 2. The molecule has 122 valence electrons. The van der Waals surface area contributed by atoms with Crippen LogP contribution in [0, 0.1) is 0 Å². The standard InChI is InChI=1S/C18H30N4/c1-4-14(2)22(3)13-12-20-18(19)21-17-11-7-9-15-8-5-6-10-16(15)17/h7,9,11,14H,4-6,8,10,12-13H2,1-3H3,(H3,19,20,21). The molecule has 1 atom stereocenters. The lowest BCUT2D eigenvalue weighted by Crippen LogP contribution is -2.32. The summed E-state index contributed by atoms with van der Waals surface area (Å²) in [7, 11) is 2.14. The van der Waals surface area contributed by atoms with Gasteiger partial charge < -0.3 is 16.0 Å². The molecule has 0 bridgehead atoms. The number of hydrogen-bond acceptors (Lipinski definition) is 2. The second kappa shape index (κ2) is 8.18. The monoisotopic (exact) mass is 302 g/mol. The molecule has 0 heterocycles. The molecule has 0 fully saturated rings. The first-order valence-corrected chi connectivity index (χ1v) is 8.49. The Hall–Kier alpha value is -1.55. The maximum absolute atomic E-state index is 6.05. The van der Waals surface area contributed by atoms with Gasteiger partial charge in [-0.05, 0) is 63.3 Å². The van der Waals surface area contributed by atoms with Crippen LogP contribution in [0.3, 0.4) is 0 Å². The van der Waals surface area contributed by atoms with Gasteiger partial charge in [-0.2, -0.15) is 0 Å². The Labute approximate surface area is 134 Å². The van der Waals surface area contributed by atoms with Gasteiger partial charge in [0.15, 0.2) is 5.96 Å². The summed E-state index contributed by atoms with van der Waals surface area (Å²) in [6.07, 6.45) is 6.04. The molecule has 1 aliphatic carbocycles. The van der Waals surface area contributed by atoms with Crippen LogP contribution < -0.4 is 11.1 Å². The Bertz CT molecular complexity index is 510. The Morgan fingerprint density at radius 1 is 1.36 bits per heavy atom. The lowest BCUT2D eigenvalue weighted by atomic mass is 9.90. The smallest absolute Gasteiger partial charge is 0.193 e. The largest absolute Gasteiger partial charge is 0.370 e. The first-order chi connectivity index (χ1) is 10.6. The zero-order valence-corrected chi connectivity index (χ0v) is 14.2. The summed E-state index contributed by atoms with van der Waals surface area (Å²) in [6, 6.07) is 7.04. The summed E-state index contributed by atoms with van der Waals surface area (Å²) in [4.78, 5) is 6.79. The highest BCUT2D eigenvalue weighted by atomic mass is 15.1. The number of guanidine groups is 1. The molecule has 4 nitrogen and oxygen atoms in total. The van der Waals surface area contributed by atoms with Crippen LogP contribution in [-0.2, 0) is 12.8 Å². The van der Waals surface area contributed by atoms with Crippen molar-refractivity contribution in [1.82, 2.24) is 4.90 Å². The van der Waals surface area contributed by atoms with Crippen LogP contribution in [0.5, 0.6) is 0 Å². The van der Waals surface area contributed by atoms with Crippen molar-refractivity contribution in [1.29, 1.82) is 0 Å². The fourth-order valence-corrected chi connectivity index (χ4v) is 2.94. The van der Waals surface area contributed by atoms with E-state index in [1.54, 1.807) is 0 Å². The van der Waals surface area contributed by atoms with Crippen LogP contribution in [0.25, 0.3) is 0 Å². The molecular formula is C18H30N4. The molecule has 1 aromatic rings. The third kappa shape index (κ3) is 4.47. The minimum absolute atomic E-state index is 0.525. The van der Waals surface area contributed by atoms with E-state index >= 15 is 0 Å². The number of hydrogen-bond donors (Lipinski definition) is 2. The summed E-state index contributed by atoms with van der Waals surface area (Å²) in [5.74, 6) is 0.525. The van der Waals surface area contributed by atoms with Crippen molar-refractivity contribution in [3.05, 3.63) is 29.3 Å². The summed E-state index contributed by atoms with van der Waals surface area (Å²) in [5.41, 5.74) is 10.1. The van der Waals surface area contributed by atoms with Gasteiger partial charge in [0.2, 0.25) is 0 Å². The van der Waals surface area contributed by atoms with Gasteiger partial charge in [-0.1, -0.05) is 19.1 Å². The highest BCUT2D eigenvalue weighted by Crippen LogP contribution is 2.27. The zero-order valence-electron chi connectivity index (χ0n) is 14.2. The molecule has 0 saturated heterocycles. The predicted molar refractivity (Wildman–Crippen MR) is 95.6 cm³/mol. The summed E-state index contributed by atoms with van der Waals surface area (Å²) in [6.45, 7) is 6.11. The molecule has 22 heavy (non-hydrogen) atoms. The quantitative estimate of drug-likeness (QED) is 0.627. The van der Waals surface area contributed by atoms with Crippen molar-refractivity contribution < 1.29 is 0 Å². The lowest BCUT2D eigenvalue weighted by Gasteiger charge is -2.22. The van der Waals surface area contributed by atoms with E-state index in [1.807, 2.05) is 0 Å². The number of fused-ring (bicyclic) bond motifs is 1. The van der Waals surface area contributed by atoms with E-state index < -0.39 is 0 Å². The topological polar surface area (TPSA) is 53.6 Å². The number of nitrogens with one attached hydrogen (secondary N) is 1. The fraction of sp³-hybridized carbons (Fsp3) is 0.611. The van der Waals surface area contributed by atoms with Crippen molar-refractivity contribution in [2.24, 2.45) is 10.7 Å². The molecule has 1 aromatic carbocycles. The van der Waals surface area contributed by atoms with Crippen molar-refractivity contribution in [2.45, 2.75) is 52.0 Å². The Morgan fingerprint density at radius 2 is 2.14 bits per heavy atom. The minimum atomic E-state index is 0.525. The molecule has 4 heteroatoms. The molecule has 0 spiro atoms. The SMILES string of the molecule is CCC(C)N(C)CCN=C(N)Nc1cccc2c1CCCC2. The summed E-state index contributed by atoms with van der Waals surface area (Å²) < 4.78 is 0. The molecule has 0 saturated carbocycles. The van der Waals surface area contributed by atoms with Crippen molar-refractivity contribution in [2.75, 3.05) is 25.5 Å². The number of likely N-dealkylation sites (N-methyl/N-ethyl adjacent to an activating group) is 1. The molecule has 2 rings (SSSR count). The third-order valence-electron chi connectivity index (χ3n) is 4.74. The number of anilines is 1. The highest BCUT2D eigenvalue weighted by Gasteiger charge is 2.13.